The third-order valence-corrected chi connectivity index (χ3v) is 4.82. The van der Waals surface area contributed by atoms with Gasteiger partial charge in [0.25, 0.3) is 0 Å². The summed E-state index contributed by atoms with van der Waals surface area (Å²) in [6.07, 6.45) is 0.757. The molecule has 1 N–H and O–H groups in total. The summed E-state index contributed by atoms with van der Waals surface area (Å²) >= 11 is 0. The molecule has 0 radical (unpaired) electrons. The van der Waals surface area contributed by atoms with Crippen molar-refractivity contribution in [2.75, 3.05) is 24.6 Å². The van der Waals surface area contributed by atoms with E-state index in [0.717, 1.165) is 19.5 Å². The molecule has 98 valence electrons. The molecule has 0 rings (SSSR count). The van der Waals surface area contributed by atoms with E-state index in [1.54, 1.807) is 6.92 Å². The van der Waals surface area contributed by atoms with Gasteiger partial charge in [0.05, 0.1) is 5.75 Å². The molecule has 1 atom stereocenters. The maximum Gasteiger partial charge on any atom is 0.150 e. The minimum Gasteiger partial charge on any atom is -0.317 e. The Morgan fingerprint density at radius 3 is 2.12 bits per heavy atom. The highest BCUT2D eigenvalue weighted by Crippen LogP contribution is 2.28. The fraction of sp³-hybridized carbons (Fsp3) is 1.00. The van der Waals surface area contributed by atoms with Crippen LogP contribution in [0.5, 0.6) is 0 Å². The number of sulfone groups is 1. The molecule has 4 heteroatoms. The van der Waals surface area contributed by atoms with E-state index in [9.17, 15) is 8.42 Å². The minimum absolute atomic E-state index is 0.158. The Balaban J connectivity index is 4.34. The average Bonchev–Trinajstić information content (AvgIpc) is 2.16. The third kappa shape index (κ3) is 6.48. The zero-order chi connectivity index (χ0) is 12.8. The molecule has 0 saturated carbocycles. The molecule has 0 aliphatic heterocycles. The molecule has 0 spiro atoms. The second-order valence-corrected chi connectivity index (χ2v) is 7.87. The van der Waals surface area contributed by atoms with Crippen LogP contribution in [0.1, 0.15) is 41.0 Å². The standard InChI is InChI=1S/C12H27NO2S/c1-6-13-10-11(12(3,4)5)8-9-16(14,15)7-2/h11,13H,6-10H2,1-5H3. The largest absolute Gasteiger partial charge is 0.317 e. The predicted octanol–water partition coefficient (Wildman–Crippen LogP) is 2.08. The maximum atomic E-state index is 11.5. The summed E-state index contributed by atoms with van der Waals surface area (Å²) in [6.45, 7) is 12.1. The molecule has 1 unspecified atom stereocenters. The first kappa shape index (κ1) is 15.9. The molecule has 0 aliphatic carbocycles. The van der Waals surface area contributed by atoms with Gasteiger partial charge in [-0.3, -0.25) is 0 Å². The van der Waals surface area contributed by atoms with Gasteiger partial charge in [0.1, 0.15) is 9.84 Å². The van der Waals surface area contributed by atoms with Crippen molar-refractivity contribution in [1.29, 1.82) is 0 Å². The van der Waals surface area contributed by atoms with Crippen molar-refractivity contribution in [2.45, 2.75) is 41.0 Å². The van der Waals surface area contributed by atoms with Crippen molar-refractivity contribution in [1.82, 2.24) is 5.32 Å². The Bertz CT molecular complexity index is 278. The third-order valence-electron chi connectivity index (χ3n) is 3.08. The topological polar surface area (TPSA) is 46.2 Å². The second-order valence-electron chi connectivity index (χ2n) is 5.40. The molecule has 16 heavy (non-hydrogen) atoms. The normalized spacial score (nSPS) is 15.1. The first-order chi connectivity index (χ1) is 7.23. The van der Waals surface area contributed by atoms with Crippen molar-refractivity contribution in [3.63, 3.8) is 0 Å². The summed E-state index contributed by atoms with van der Waals surface area (Å²) in [4.78, 5) is 0. The molecule has 3 nitrogen and oxygen atoms in total. The smallest absolute Gasteiger partial charge is 0.150 e. The lowest BCUT2D eigenvalue weighted by atomic mass is 9.79. The van der Waals surface area contributed by atoms with Gasteiger partial charge in [0.15, 0.2) is 0 Å². The predicted molar refractivity (Wildman–Crippen MR) is 70.4 cm³/mol. The van der Waals surface area contributed by atoms with Crippen molar-refractivity contribution in [3.8, 4) is 0 Å². The van der Waals surface area contributed by atoms with Crippen LogP contribution in [0.2, 0.25) is 0 Å². The quantitative estimate of drug-likeness (QED) is 0.751. The van der Waals surface area contributed by atoms with Crippen molar-refractivity contribution < 1.29 is 8.42 Å². The highest BCUT2D eigenvalue weighted by Gasteiger charge is 2.25. The van der Waals surface area contributed by atoms with Gasteiger partial charge >= 0.3 is 0 Å². The lowest BCUT2D eigenvalue weighted by Gasteiger charge is -2.31. The van der Waals surface area contributed by atoms with Gasteiger partial charge in [0.2, 0.25) is 0 Å². The van der Waals surface area contributed by atoms with E-state index >= 15 is 0 Å². The Morgan fingerprint density at radius 1 is 1.19 bits per heavy atom. The number of rotatable bonds is 7. The molecular weight excluding hydrogens is 222 g/mol. The van der Waals surface area contributed by atoms with Gasteiger partial charge in [-0.05, 0) is 30.8 Å². The summed E-state index contributed by atoms with van der Waals surface area (Å²) in [5.41, 5.74) is 0.158. The van der Waals surface area contributed by atoms with Crippen LogP contribution in [0.15, 0.2) is 0 Å². The van der Waals surface area contributed by atoms with E-state index < -0.39 is 9.84 Å². The fourth-order valence-corrected chi connectivity index (χ4v) is 2.56. The summed E-state index contributed by atoms with van der Waals surface area (Å²) in [5, 5.41) is 3.31. The second kappa shape index (κ2) is 6.60. The number of hydrogen-bond acceptors (Lipinski definition) is 3. The van der Waals surface area contributed by atoms with Gasteiger partial charge < -0.3 is 5.32 Å². The Hall–Kier alpha value is -0.0900. The van der Waals surface area contributed by atoms with Gasteiger partial charge in [-0.25, -0.2) is 8.42 Å². The average molecular weight is 249 g/mol. The van der Waals surface area contributed by atoms with E-state index in [4.69, 9.17) is 0 Å². The Morgan fingerprint density at radius 2 is 1.75 bits per heavy atom. The van der Waals surface area contributed by atoms with Gasteiger partial charge in [-0.2, -0.15) is 0 Å². The van der Waals surface area contributed by atoms with E-state index in [1.807, 2.05) is 0 Å². The maximum absolute atomic E-state index is 11.5. The van der Waals surface area contributed by atoms with Crippen LogP contribution in [-0.4, -0.2) is 33.0 Å². The van der Waals surface area contributed by atoms with E-state index in [-0.39, 0.29) is 11.2 Å². The molecule has 0 heterocycles. The lowest BCUT2D eigenvalue weighted by Crippen LogP contribution is -2.33. The Labute approximate surface area is 101 Å². The molecule has 0 bridgehead atoms. The van der Waals surface area contributed by atoms with Crippen LogP contribution >= 0.6 is 0 Å². The molecular formula is C12H27NO2S. The molecule has 0 aromatic rings. The monoisotopic (exact) mass is 249 g/mol. The molecule has 0 fully saturated rings. The highest BCUT2D eigenvalue weighted by atomic mass is 32.2. The van der Waals surface area contributed by atoms with E-state index in [2.05, 4.69) is 33.0 Å². The summed E-state index contributed by atoms with van der Waals surface area (Å²) < 4.78 is 23.0. The van der Waals surface area contributed by atoms with Crippen molar-refractivity contribution in [2.24, 2.45) is 11.3 Å². The minimum atomic E-state index is -2.83. The van der Waals surface area contributed by atoms with E-state index in [1.165, 1.54) is 0 Å². The highest BCUT2D eigenvalue weighted by molar-refractivity contribution is 7.91. The summed E-state index contributed by atoms with van der Waals surface area (Å²) in [5.74, 6) is 0.982. The fourth-order valence-electron chi connectivity index (χ4n) is 1.63. The van der Waals surface area contributed by atoms with Crippen LogP contribution in [0.3, 0.4) is 0 Å². The summed E-state index contributed by atoms with van der Waals surface area (Å²) in [6, 6.07) is 0. The van der Waals surface area contributed by atoms with Gasteiger partial charge in [-0.1, -0.05) is 34.6 Å². The van der Waals surface area contributed by atoms with Crippen LogP contribution in [0.25, 0.3) is 0 Å². The zero-order valence-corrected chi connectivity index (χ0v) is 12.2. The SMILES string of the molecule is CCNCC(CCS(=O)(=O)CC)C(C)(C)C. The first-order valence-corrected chi connectivity index (χ1v) is 7.96. The number of hydrogen-bond donors (Lipinski definition) is 1. The van der Waals surface area contributed by atoms with Crippen molar-refractivity contribution in [3.05, 3.63) is 0 Å². The lowest BCUT2D eigenvalue weighted by molar-refractivity contribution is 0.227. The van der Waals surface area contributed by atoms with Crippen molar-refractivity contribution >= 4 is 9.84 Å². The van der Waals surface area contributed by atoms with Crippen LogP contribution in [0.4, 0.5) is 0 Å². The van der Waals surface area contributed by atoms with Crippen LogP contribution < -0.4 is 5.32 Å². The van der Waals surface area contributed by atoms with Gasteiger partial charge in [-0.15, -0.1) is 0 Å². The molecule has 0 amide bonds. The first-order valence-electron chi connectivity index (χ1n) is 6.14. The zero-order valence-electron chi connectivity index (χ0n) is 11.3. The summed E-state index contributed by atoms with van der Waals surface area (Å²) in [7, 11) is -2.83. The molecule has 0 aromatic carbocycles. The molecule has 0 aromatic heterocycles. The Kier molecular flexibility index (Phi) is 6.56. The molecule has 0 saturated heterocycles. The van der Waals surface area contributed by atoms with Gasteiger partial charge in [0, 0.05) is 5.75 Å². The van der Waals surface area contributed by atoms with Crippen LogP contribution in [0, 0.1) is 11.3 Å². The van der Waals surface area contributed by atoms with Crippen LogP contribution in [-0.2, 0) is 9.84 Å². The van der Waals surface area contributed by atoms with E-state index in [0.29, 0.717) is 11.7 Å². The number of nitrogens with one attached hydrogen (secondary N) is 1. The molecule has 0 aliphatic rings.